The molecular weight excluding hydrogens is 2160 g/mol. The average Bonchev–Trinajstić information content (AvgIpc) is 1.64. The van der Waals surface area contributed by atoms with Crippen LogP contribution in [0.25, 0.3) is 70.9 Å². The van der Waals surface area contributed by atoms with E-state index in [0.29, 0.717) is 55.2 Å². The van der Waals surface area contributed by atoms with Gasteiger partial charge in [-0.25, -0.2) is 45.8 Å². The molecule has 0 radical (unpaired) electrons. The van der Waals surface area contributed by atoms with Gasteiger partial charge in [-0.1, -0.05) is 126 Å². The van der Waals surface area contributed by atoms with Crippen molar-refractivity contribution in [1.29, 1.82) is 0 Å². The second-order valence-electron chi connectivity index (χ2n) is 34.5. The Morgan fingerprint density at radius 2 is 0.741 bits per heavy atom. The lowest BCUT2D eigenvalue weighted by atomic mass is 9.99. The first-order valence-corrected chi connectivity index (χ1v) is 55.2. The highest BCUT2D eigenvalue weighted by atomic mass is 79.9. The molecule has 5 aliphatic rings. The molecule has 5 saturated carbocycles. The molecule has 5 aliphatic carbocycles. The molecule has 0 spiro atoms. The number of sulfonamides is 3. The van der Waals surface area contributed by atoms with E-state index in [0.717, 1.165) is 113 Å². The molecular formula is C102H100BrCl4N19O14S7. The van der Waals surface area contributed by atoms with Gasteiger partial charge in [0.05, 0.1) is 122 Å². The third kappa shape index (κ3) is 26.1. The van der Waals surface area contributed by atoms with Crippen molar-refractivity contribution in [3.05, 3.63) is 259 Å². The van der Waals surface area contributed by atoms with Crippen LogP contribution in [0.4, 0.5) is 40.3 Å². The molecule has 16 aromatic rings. The number of hydrogen-bond donors (Lipinski definition) is 10. The number of nitrogens with two attached hydrogens (primary N) is 6. The van der Waals surface area contributed by atoms with Crippen LogP contribution in [0.1, 0.15) is 129 Å². The van der Waals surface area contributed by atoms with Crippen LogP contribution in [0, 0.1) is 4.77 Å². The van der Waals surface area contributed by atoms with Gasteiger partial charge >= 0.3 is 0 Å². The van der Waals surface area contributed by atoms with Crippen molar-refractivity contribution in [3.8, 4) is 45.8 Å². The maximum absolute atomic E-state index is 12.7. The zero-order valence-corrected chi connectivity index (χ0v) is 89.0. The third-order valence-electron chi connectivity index (χ3n) is 24.6. The number of thiocarbonyl (C=S) groups is 1. The molecule has 3 heterocycles. The largest absolute Gasteiger partial charge is 0.497 e. The van der Waals surface area contributed by atoms with Gasteiger partial charge < -0.3 is 56.8 Å². The number of carbonyl (C=O) groups is 3. The highest BCUT2D eigenvalue weighted by molar-refractivity contribution is 9.10. The summed E-state index contributed by atoms with van der Waals surface area (Å²) in [5.74, 6) is 6.38. The zero-order valence-electron chi connectivity index (χ0n) is 78.7. The van der Waals surface area contributed by atoms with Crippen molar-refractivity contribution in [2.24, 2.45) is 20.4 Å². The summed E-state index contributed by atoms with van der Waals surface area (Å²) in [6, 6.07) is 62.7. The van der Waals surface area contributed by atoms with Crippen LogP contribution in [0.2, 0.25) is 15.1 Å². The summed E-state index contributed by atoms with van der Waals surface area (Å²) in [5.41, 5.74) is 30.1. The predicted molar refractivity (Wildman–Crippen MR) is 593 cm³/mol. The Labute approximate surface area is 894 Å². The van der Waals surface area contributed by atoms with Gasteiger partial charge in [0.25, 0.3) is 0 Å². The Balaban J connectivity index is 0.000000137. The zero-order chi connectivity index (χ0) is 104. The van der Waals surface area contributed by atoms with E-state index in [1.54, 1.807) is 44.7 Å². The summed E-state index contributed by atoms with van der Waals surface area (Å²) in [5, 5.41) is 61.1. The van der Waals surface area contributed by atoms with Crippen LogP contribution in [0.5, 0.6) is 28.7 Å². The molecule has 764 valence electrons. The number of methoxy groups -OCH3 is 5. The maximum atomic E-state index is 12.7. The van der Waals surface area contributed by atoms with Crippen LogP contribution in [0.15, 0.2) is 241 Å². The predicted octanol–water partition coefficient (Wildman–Crippen LogP) is 22.1. The Morgan fingerprint density at radius 3 is 1.08 bits per heavy atom. The summed E-state index contributed by atoms with van der Waals surface area (Å²) in [6.07, 6.45) is 12.4. The van der Waals surface area contributed by atoms with Gasteiger partial charge in [0.1, 0.15) is 34.6 Å². The van der Waals surface area contributed by atoms with Crippen LogP contribution < -0.4 is 72.3 Å². The molecule has 21 rings (SSSR count). The van der Waals surface area contributed by atoms with E-state index in [9.17, 15) is 39.6 Å². The van der Waals surface area contributed by atoms with E-state index in [-0.39, 0.29) is 89.4 Å². The molecule has 16 N–H and O–H groups in total. The number of hydrogen-bond acceptors (Lipinski definition) is 27. The maximum Gasteiger partial charge on any atom is 0.239 e. The van der Waals surface area contributed by atoms with Crippen molar-refractivity contribution in [1.82, 2.24) is 44.3 Å². The number of amides is 3. The fraction of sp³-hybridized carbons (Fsp3) is 0.235. The van der Waals surface area contributed by atoms with Gasteiger partial charge in [-0.2, -0.15) is 4.99 Å². The number of carbonyl (C=O) groups excluding carboxylic acids is 3. The lowest BCUT2D eigenvalue weighted by Crippen LogP contribution is -2.16. The quantitative estimate of drug-likeness (QED) is 0.00751. The molecule has 147 heavy (non-hydrogen) atoms. The number of aliphatic imine (C=N–C) groups is 1. The van der Waals surface area contributed by atoms with Gasteiger partial charge in [-0.05, 0) is 335 Å². The van der Waals surface area contributed by atoms with E-state index in [4.69, 9.17) is 127 Å². The SMILES string of the molecule is C.COc1ccc2c(C3CC3)ccc(-n3c(Br)nnc3SCC(=O)Nc3ccc(S(N)(=O)=O)cc3Cl)c2c1.COc1ccc2c(C3CC3)ccc(-n3c(N)n[nH]c3=S)c2c1.COc1ccc2c(C3CC3)ccc(-n3c(N)nnc3SCC(=O)Nc3ccc(S(N)(=O)=O)cc3Cl)c2c1.COc1ccc2c(C3CC3)ccc(N)c2c1.COc1ccc2c(C3CC3)ccc(N=C=S)c2c1.NS(=O)(=O)c1ccc(NC(=O)CCl)c(Cl)c1. The summed E-state index contributed by atoms with van der Waals surface area (Å²) in [4.78, 5) is 40.0. The molecule has 0 atom stereocenters. The number of fused-ring (bicyclic) bond motifs is 5. The number of aromatic nitrogens is 9. The number of halogens is 5. The molecule has 5 fully saturated rings. The number of benzene rings is 13. The number of primary sulfonamides is 3. The van der Waals surface area contributed by atoms with E-state index in [2.05, 4.69) is 139 Å². The molecule has 3 amide bonds. The first-order valence-electron chi connectivity index (χ1n) is 45.3. The fourth-order valence-electron chi connectivity index (χ4n) is 16.7. The molecule has 0 saturated heterocycles. The number of anilines is 6. The van der Waals surface area contributed by atoms with Gasteiger partial charge in [-0.15, -0.1) is 37.1 Å². The number of thioether (sulfide) groups is 2. The van der Waals surface area contributed by atoms with Gasteiger partial charge in [0, 0.05) is 32.6 Å². The van der Waals surface area contributed by atoms with E-state index >= 15 is 0 Å². The monoisotopic (exact) mass is 2260 g/mol. The second kappa shape index (κ2) is 46.9. The van der Waals surface area contributed by atoms with E-state index in [1.807, 2.05) is 89.5 Å². The Morgan fingerprint density at radius 1 is 0.422 bits per heavy atom. The molecule has 0 bridgehead atoms. The summed E-state index contributed by atoms with van der Waals surface area (Å²) in [6.45, 7) is 0. The highest BCUT2D eigenvalue weighted by Crippen LogP contribution is 2.51. The number of nitrogens with zero attached hydrogens (tertiary/aromatic N) is 9. The number of isothiocyanates is 1. The normalized spacial score (nSPS) is 13.6. The second-order valence-corrected chi connectivity index (χ2v) is 43.8. The minimum atomic E-state index is -3.91. The number of rotatable bonds is 27. The number of nitrogens with one attached hydrogen (secondary N) is 4. The fourth-order valence-corrected chi connectivity index (χ4v) is 21.6. The topological polar surface area (TPSA) is 499 Å². The van der Waals surface area contributed by atoms with Crippen LogP contribution in [0.3, 0.4) is 0 Å². The molecule has 0 unspecified atom stereocenters. The summed E-state index contributed by atoms with van der Waals surface area (Å²) < 4.78 is 101. The molecule has 45 heteroatoms. The first kappa shape index (κ1) is 109. The smallest absolute Gasteiger partial charge is 0.239 e. The number of aromatic amines is 1. The van der Waals surface area contributed by atoms with Crippen LogP contribution in [-0.4, -0.2) is 145 Å². The standard InChI is InChI=1S/C24H21BrClN5O4S2.C24H23ClN6O4S2.C16H16N4OS.C15H13NOS.C14H15NO.C8H8Cl2N2O3S.CH4/c1-35-14-4-6-17-16(13-2-3-13)7-9-21(18(17)10-14)31-23(25)29-30-24(31)36-12-22(32)28-20-8-5-15(11-19(20)26)37(27,33)34;1-35-14-4-6-17-16(13-2-3-13)7-9-21(18(17)10-14)31-23(26)29-30-24(31)36-12-22(32)28-20-8-5-15(11-19(20)25)37(27,33)34;1-21-10-4-5-12-11(9-2-3-9)6-7-14(13(12)8-10)20-15(17)18-19-16(20)22;1-17-11-4-5-13-12(10-2-3-10)6-7-15(16-9-18)14(13)8-11;1-16-10-4-5-12-11(9-2-3-9)6-7-14(15)13(12)8-10;9-4-8(13)12-7-2-1-5(3-6(7)10)16(11,14)15;/h4-11,13H,2-3,12H2,1H3,(H,28,32)(H2,27,33,34);4-11,13H,2-3,12H2,1H3,(H2,26,29)(H,28,32)(H2,27,33,34);4-9H,2-3H2,1H3,(H2,17,18)(H,19,22);4-8,10H,2-3H2,1H3;4-9H,2-3,15H2,1H3;1-3H,4H2,(H,12,13)(H2,11,14,15);1H4. The first-order chi connectivity index (χ1) is 70.0. The Hall–Kier alpha value is -12.5. The number of H-pyrrole nitrogens is 1. The molecule has 0 aliphatic heterocycles. The highest BCUT2D eigenvalue weighted by Gasteiger charge is 2.33. The van der Waals surface area contributed by atoms with Gasteiger partial charge in [0.2, 0.25) is 69.2 Å². The van der Waals surface area contributed by atoms with E-state index < -0.39 is 36.0 Å². The van der Waals surface area contributed by atoms with Crippen LogP contribution >= 0.6 is 110 Å². The minimum absolute atomic E-state index is 0. The molecule has 13 aromatic carbocycles. The molecule has 33 nitrogen and oxygen atoms in total. The average molecular weight is 2260 g/mol. The summed E-state index contributed by atoms with van der Waals surface area (Å²) >= 11 is 39.2. The number of nitrogen functional groups attached to an aromatic ring is 3. The molecule has 3 aromatic heterocycles. The minimum Gasteiger partial charge on any atom is -0.497 e. The van der Waals surface area contributed by atoms with Crippen molar-refractivity contribution < 1.29 is 63.3 Å². The lowest BCUT2D eigenvalue weighted by molar-refractivity contribution is -0.114. The van der Waals surface area contributed by atoms with E-state index in [1.165, 1.54) is 168 Å². The van der Waals surface area contributed by atoms with Crippen molar-refractivity contribution in [3.63, 3.8) is 0 Å². The number of alkyl halides is 1. The van der Waals surface area contributed by atoms with Gasteiger partial charge in [0.15, 0.2) is 10.3 Å². The van der Waals surface area contributed by atoms with Crippen molar-refractivity contribution in [2.45, 2.75) is 126 Å². The van der Waals surface area contributed by atoms with Crippen LogP contribution in [-0.2, 0) is 44.5 Å². The van der Waals surface area contributed by atoms with Crippen molar-refractivity contribution in [2.75, 3.05) is 86.1 Å². The Bertz CT molecular complexity index is 8050. The van der Waals surface area contributed by atoms with Crippen molar-refractivity contribution >= 4 is 257 Å². The summed E-state index contributed by atoms with van der Waals surface area (Å²) in [7, 11) is -3.33. The number of ether oxygens (including phenoxy) is 5. The Kier molecular flexibility index (Phi) is 34.7. The third-order valence-corrected chi connectivity index (χ3v) is 31.2. The van der Waals surface area contributed by atoms with Gasteiger partial charge in [-0.3, -0.25) is 28.1 Å². The lowest BCUT2D eigenvalue weighted by Gasteiger charge is -2.15.